The summed E-state index contributed by atoms with van der Waals surface area (Å²) in [7, 11) is 0. The summed E-state index contributed by atoms with van der Waals surface area (Å²) in [5.41, 5.74) is 6.79. The molecule has 0 spiro atoms. The highest BCUT2D eigenvalue weighted by Crippen LogP contribution is 2.15. The molecule has 1 saturated heterocycles. The molecule has 1 aliphatic rings. The van der Waals surface area contributed by atoms with Gasteiger partial charge in [0.25, 0.3) is 5.91 Å². The lowest BCUT2D eigenvalue weighted by atomic mass is 10.1. The van der Waals surface area contributed by atoms with Gasteiger partial charge in [-0.05, 0) is 54.8 Å². The first-order chi connectivity index (χ1) is 12.6. The highest BCUT2D eigenvalue weighted by atomic mass is 19.1. The zero-order valence-electron chi connectivity index (χ0n) is 14.4. The van der Waals surface area contributed by atoms with Crippen molar-refractivity contribution in [3.8, 4) is 5.75 Å². The Morgan fingerprint density at radius 3 is 2.92 bits per heavy atom. The van der Waals surface area contributed by atoms with Crippen molar-refractivity contribution in [2.75, 3.05) is 32.0 Å². The molecule has 1 atom stereocenters. The minimum Gasteiger partial charge on any atom is -0.484 e. The summed E-state index contributed by atoms with van der Waals surface area (Å²) in [5, 5.41) is 0. The van der Waals surface area contributed by atoms with Gasteiger partial charge in [0.05, 0.1) is 12.7 Å². The highest BCUT2D eigenvalue weighted by molar-refractivity contribution is 5.77. The van der Waals surface area contributed by atoms with Gasteiger partial charge in [0, 0.05) is 19.3 Å². The van der Waals surface area contributed by atoms with E-state index in [-0.39, 0.29) is 24.4 Å². The zero-order chi connectivity index (χ0) is 18.4. The summed E-state index contributed by atoms with van der Waals surface area (Å²) in [6, 6.07) is 9.39. The summed E-state index contributed by atoms with van der Waals surface area (Å²) in [5.74, 6) is 0.535. The summed E-state index contributed by atoms with van der Waals surface area (Å²) >= 11 is 0. The molecule has 2 heterocycles. The lowest BCUT2D eigenvalue weighted by Crippen LogP contribution is -2.47. The van der Waals surface area contributed by atoms with Crippen LogP contribution in [0.25, 0.3) is 0 Å². The van der Waals surface area contributed by atoms with Crippen LogP contribution in [-0.2, 0) is 16.0 Å². The maximum absolute atomic E-state index is 12.9. The average Bonchev–Trinajstić information content (AvgIpc) is 2.66. The standard InChI is InChI=1S/C19H22FN3O3/c20-15-2-5-16(6-3-15)26-13-19(24)23-9-10-25-17(12-23)4-1-14-7-8-22-18(21)11-14/h2-3,5-8,11,17H,1,4,9-10,12-13H2,(H2,21,22)/t17-/m1/s1. The second-order valence-corrected chi connectivity index (χ2v) is 6.20. The van der Waals surface area contributed by atoms with Crippen LogP contribution in [-0.4, -0.2) is 48.2 Å². The van der Waals surface area contributed by atoms with E-state index in [4.69, 9.17) is 15.2 Å². The van der Waals surface area contributed by atoms with E-state index in [9.17, 15) is 9.18 Å². The van der Waals surface area contributed by atoms with Gasteiger partial charge in [0.1, 0.15) is 17.4 Å². The number of nitrogens with zero attached hydrogens (tertiary/aromatic N) is 2. The molecule has 2 N–H and O–H groups in total. The third kappa shape index (κ3) is 5.16. The predicted molar refractivity (Wildman–Crippen MR) is 95.2 cm³/mol. The minimum atomic E-state index is -0.337. The van der Waals surface area contributed by atoms with Crippen molar-refractivity contribution in [2.24, 2.45) is 0 Å². The number of carbonyl (C=O) groups excluding carboxylic acids is 1. The van der Waals surface area contributed by atoms with Gasteiger partial charge in [0.15, 0.2) is 6.61 Å². The quantitative estimate of drug-likeness (QED) is 0.854. The van der Waals surface area contributed by atoms with E-state index in [0.29, 0.717) is 31.3 Å². The van der Waals surface area contributed by atoms with Gasteiger partial charge in [-0.2, -0.15) is 0 Å². The fourth-order valence-corrected chi connectivity index (χ4v) is 2.87. The molecule has 7 heteroatoms. The van der Waals surface area contributed by atoms with E-state index in [1.54, 1.807) is 11.1 Å². The van der Waals surface area contributed by atoms with Crippen LogP contribution in [0, 0.1) is 5.82 Å². The van der Waals surface area contributed by atoms with E-state index in [1.807, 2.05) is 12.1 Å². The van der Waals surface area contributed by atoms with Crippen LogP contribution in [0.1, 0.15) is 12.0 Å². The van der Waals surface area contributed by atoms with Crippen molar-refractivity contribution < 1.29 is 18.7 Å². The Labute approximate surface area is 151 Å². The number of hydrogen-bond acceptors (Lipinski definition) is 5. The van der Waals surface area contributed by atoms with Crippen LogP contribution in [0.4, 0.5) is 10.2 Å². The summed E-state index contributed by atoms with van der Waals surface area (Å²) in [6.45, 7) is 1.52. The Hall–Kier alpha value is -2.67. The molecule has 2 aromatic rings. The second-order valence-electron chi connectivity index (χ2n) is 6.20. The van der Waals surface area contributed by atoms with Crippen molar-refractivity contribution in [2.45, 2.75) is 18.9 Å². The van der Waals surface area contributed by atoms with E-state index in [0.717, 1.165) is 18.4 Å². The van der Waals surface area contributed by atoms with Gasteiger partial charge >= 0.3 is 0 Å². The number of anilines is 1. The molecule has 0 radical (unpaired) electrons. The molecule has 1 aromatic heterocycles. The number of hydrogen-bond donors (Lipinski definition) is 1. The normalized spacial score (nSPS) is 17.1. The largest absolute Gasteiger partial charge is 0.484 e. The lowest BCUT2D eigenvalue weighted by Gasteiger charge is -2.33. The Bertz CT molecular complexity index is 739. The number of ether oxygens (including phenoxy) is 2. The molecule has 1 aromatic carbocycles. The first-order valence-electron chi connectivity index (χ1n) is 8.58. The Morgan fingerprint density at radius 1 is 1.35 bits per heavy atom. The van der Waals surface area contributed by atoms with Crippen LogP contribution in [0.5, 0.6) is 5.75 Å². The fraction of sp³-hybridized carbons (Fsp3) is 0.368. The van der Waals surface area contributed by atoms with Crippen LogP contribution >= 0.6 is 0 Å². The molecule has 26 heavy (non-hydrogen) atoms. The number of nitrogen functional groups attached to an aromatic ring is 1. The summed E-state index contributed by atoms with van der Waals surface area (Å²) in [6.07, 6.45) is 3.28. The molecule has 1 fully saturated rings. The topological polar surface area (TPSA) is 77.7 Å². The molecular formula is C19H22FN3O3. The van der Waals surface area contributed by atoms with E-state index < -0.39 is 0 Å². The maximum Gasteiger partial charge on any atom is 0.260 e. The number of carbonyl (C=O) groups is 1. The number of aromatic nitrogens is 1. The number of halogens is 1. The van der Waals surface area contributed by atoms with Crippen LogP contribution < -0.4 is 10.5 Å². The lowest BCUT2D eigenvalue weighted by molar-refractivity contribution is -0.141. The Morgan fingerprint density at radius 2 is 2.15 bits per heavy atom. The molecule has 1 aliphatic heterocycles. The number of rotatable bonds is 6. The number of benzene rings is 1. The third-order valence-electron chi connectivity index (χ3n) is 4.27. The SMILES string of the molecule is Nc1cc(CC[C@@H]2CN(C(=O)COc3ccc(F)cc3)CCO2)ccn1. The number of aryl methyl sites for hydroxylation is 1. The van der Waals surface area contributed by atoms with Crippen LogP contribution in [0.2, 0.25) is 0 Å². The molecule has 0 aliphatic carbocycles. The molecule has 0 bridgehead atoms. The highest BCUT2D eigenvalue weighted by Gasteiger charge is 2.24. The molecule has 0 saturated carbocycles. The first-order valence-corrected chi connectivity index (χ1v) is 8.58. The number of pyridine rings is 1. The first kappa shape index (κ1) is 18.1. The molecule has 1 amide bonds. The van der Waals surface area contributed by atoms with Crippen molar-refractivity contribution in [1.29, 1.82) is 0 Å². The van der Waals surface area contributed by atoms with Crippen molar-refractivity contribution in [3.05, 3.63) is 54.0 Å². The van der Waals surface area contributed by atoms with Crippen LogP contribution in [0.3, 0.4) is 0 Å². The maximum atomic E-state index is 12.9. The second kappa shape index (κ2) is 8.62. The van der Waals surface area contributed by atoms with Gasteiger partial charge in [-0.25, -0.2) is 9.37 Å². The molecule has 6 nitrogen and oxygen atoms in total. The molecule has 0 unspecified atom stereocenters. The minimum absolute atomic E-state index is 0.0205. The number of nitrogens with two attached hydrogens (primary N) is 1. The van der Waals surface area contributed by atoms with Gasteiger partial charge in [-0.15, -0.1) is 0 Å². The zero-order valence-corrected chi connectivity index (χ0v) is 14.4. The molecular weight excluding hydrogens is 337 g/mol. The summed E-state index contributed by atoms with van der Waals surface area (Å²) in [4.78, 5) is 18.1. The van der Waals surface area contributed by atoms with E-state index in [1.165, 1.54) is 24.3 Å². The van der Waals surface area contributed by atoms with Crippen molar-refractivity contribution >= 4 is 11.7 Å². The van der Waals surface area contributed by atoms with Gasteiger partial charge < -0.3 is 20.1 Å². The fourth-order valence-electron chi connectivity index (χ4n) is 2.87. The van der Waals surface area contributed by atoms with E-state index >= 15 is 0 Å². The molecule has 3 rings (SSSR count). The monoisotopic (exact) mass is 359 g/mol. The van der Waals surface area contributed by atoms with Crippen molar-refractivity contribution in [1.82, 2.24) is 9.88 Å². The summed E-state index contributed by atoms with van der Waals surface area (Å²) < 4.78 is 24.1. The smallest absolute Gasteiger partial charge is 0.260 e. The van der Waals surface area contributed by atoms with Crippen molar-refractivity contribution in [3.63, 3.8) is 0 Å². The average molecular weight is 359 g/mol. The van der Waals surface area contributed by atoms with Crippen LogP contribution in [0.15, 0.2) is 42.6 Å². The van der Waals surface area contributed by atoms with E-state index in [2.05, 4.69) is 4.98 Å². The Balaban J connectivity index is 1.46. The number of amides is 1. The van der Waals surface area contributed by atoms with Gasteiger partial charge in [0.2, 0.25) is 0 Å². The number of morpholine rings is 1. The van der Waals surface area contributed by atoms with Gasteiger partial charge in [-0.3, -0.25) is 4.79 Å². The Kier molecular flexibility index (Phi) is 6.01. The predicted octanol–water partition coefficient (Wildman–Crippen LogP) is 2.04. The third-order valence-corrected chi connectivity index (χ3v) is 4.27. The molecule has 138 valence electrons. The van der Waals surface area contributed by atoms with Gasteiger partial charge in [-0.1, -0.05) is 0 Å².